The van der Waals surface area contributed by atoms with Crippen molar-refractivity contribution in [1.29, 1.82) is 0 Å². The van der Waals surface area contributed by atoms with E-state index < -0.39 is 5.54 Å². The number of nitrogens with two attached hydrogens (primary N) is 1. The number of hydrogen-bond acceptors (Lipinski definition) is 7. The number of methoxy groups -OCH3 is 1. The number of carbonyl (C=O) groups is 1. The monoisotopic (exact) mass is 383 g/mol. The van der Waals surface area contributed by atoms with E-state index in [-0.39, 0.29) is 25.1 Å². The third kappa shape index (κ3) is 3.01. The Morgan fingerprint density at radius 3 is 2.68 bits per heavy atom. The first-order valence-electron chi connectivity index (χ1n) is 8.92. The standard InChI is InChI=1S/C20H21N3O5/c1-3-26-10-18(24)22-12-4-6-16-14(8-12)20(11-27-19(21)23-20)15-9-13(25-2)5-7-17(15)28-16/h4-9H,3,10-11H2,1-2H3,(H2,21,23)(H,22,24)/t20-/m0/s1. The Morgan fingerprint density at radius 2 is 2.00 bits per heavy atom. The number of nitrogens with one attached hydrogen (secondary N) is 1. The van der Waals surface area contributed by atoms with Crippen molar-refractivity contribution in [3.05, 3.63) is 47.5 Å². The van der Waals surface area contributed by atoms with Gasteiger partial charge in [0, 0.05) is 23.4 Å². The zero-order valence-electron chi connectivity index (χ0n) is 15.7. The Bertz CT molecular complexity index is 959. The maximum Gasteiger partial charge on any atom is 0.283 e. The fourth-order valence-corrected chi connectivity index (χ4v) is 3.43. The molecule has 2 aromatic rings. The van der Waals surface area contributed by atoms with Gasteiger partial charge in [-0.05, 0) is 43.3 Å². The highest BCUT2D eigenvalue weighted by Crippen LogP contribution is 2.52. The number of amidine groups is 1. The summed E-state index contributed by atoms with van der Waals surface area (Å²) in [6.07, 6.45) is 0. The molecule has 0 saturated heterocycles. The molecule has 146 valence electrons. The summed E-state index contributed by atoms with van der Waals surface area (Å²) in [6.45, 7) is 2.52. The summed E-state index contributed by atoms with van der Waals surface area (Å²) in [4.78, 5) is 16.6. The largest absolute Gasteiger partial charge is 0.497 e. The van der Waals surface area contributed by atoms with E-state index in [1.165, 1.54) is 0 Å². The summed E-state index contributed by atoms with van der Waals surface area (Å²) < 4.78 is 22.1. The second-order valence-corrected chi connectivity index (χ2v) is 6.46. The highest BCUT2D eigenvalue weighted by atomic mass is 16.5. The summed E-state index contributed by atoms with van der Waals surface area (Å²) in [6, 6.07) is 11.0. The quantitative estimate of drug-likeness (QED) is 0.821. The lowest BCUT2D eigenvalue weighted by molar-refractivity contribution is -0.120. The highest BCUT2D eigenvalue weighted by molar-refractivity contribution is 5.92. The van der Waals surface area contributed by atoms with Gasteiger partial charge >= 0.3 is 0 Å². The molecule has 1 amide bonds. The third-order valence-corrected chi connectivity index (χ3v) is 4.73. The number of fused-ring (bicyclic) bond motifs is 4. The maximum atomic E-state index is 12.0. The van der Waals surface area contributed by atoms with E-state index in [0.29, 0.717) is 29.5 Å². The molecule has 0 radical (unpaired) electrons. The molecule has 3 N–H and O–H groups in total. The van der Waals surface area contributed by atoms with Crippen molar-refractivity contribution >= 4 is 17.6 Å². The van der Waals surface area contributed by atoms with E-state index in [2.05, 4.69) is 10.3 Å². The molecule has 2 aromatic carbocycles. The Balaban J connectivity index is 1.78. The Labute approximate surface area is 162 Å². The lowest BCUT2D eigenvalue weighted by Crippen LogP contribution is -2.31. The molecule has 2 heterocycles. The topological polar surface area (TPSA) is 104 Å². The smallest absolute Gasteiger partial charge is 0.283 e. The SMILES string of the molecule is CCOCC(=O)Nc1ccc2c(c1)[C@@]1(COC(N)=N1)c1cc(OC)ccc1O2. The van der Waals surface area contributed by atoms with Gasteiger partial charge in [0.2, 0.25) is 5.91 Å². The van der Waals surface area contributed by atoms with Gasteiger partial charge in [0.05, 0.1) is 7.11 Å². The van der Waals surface area contributed by atoms with Crippen molar-refractivity contribution in [2.45, 2.75) is 12.5 Å². The summed E-state index contributed by atoms with van der Waals surface area (Å²) in [5, 5.41) is 2.83. The van der Waals surface area contributed by atoms with Crippen LogP contribution in [-0.2, 0) is 19.8 Å². The lowest BCUT2D eigenvalue weighted by atomic mass is 9.81. The van der Waals surface area contributed by atoms with Crippen LogP contribution in [0.1, 0.15) is 18.1 Å². The summed E-state index contributed by atoms with van der Waals surface area (Å²) in [5.41, 5.74) is 7.15. The summed E-state index contributed by atoms with van der Waals surface area (Å²) >= 11 is 0. The zero-order chi connectivity index (χ0) is 19.7. The molecular formula is C20H21N3O5. The van der Waals surface area contributed by atoms with Crippen molar-refractivity contribution in [3.63, 3.8) is 0 Å². The molecule has 4 rings (SSSR count). The van der Waals surface area contributed by atoms with Gasteiger partial charge in [0.25, 0.3) is 6.02 Å². The number of ether oxygens (including phenoxy) is 4. The number of carbonyl (C=O) groups excluding carboxylic acids is 1. The summed E-state index contributed by atoms with van der Waals surface area (Å²) in [7, 11) is 1.60. The third-order valence-electron chi connectivity index (χ3n) is 4.73. The van der Waals surface area contributed by atoms with Gasteiger partial charge in [-0.3, -0.25) is 4.79 Å². The molecule has 0 bridgehead atoms. The van der Waals surface area contributed by atoms with Gasteiger partial charge in [0.1, 0.15) is 30.5 Å². The van der Waals surface area contributed by atoms with Crippen molar-refractivity contribution in [3.8, 4) is 17.2 Å². The second kappa shape index (κ2) is 7.05. The van der Waals surface area contributed by atoms with Gasteiger partial charge < -0.3 is 30.0 Å². The number of benzene rings is 2. The van der Waals surface area contributed by atoms with Crippen LogP contribution in [0, 0.1) is 0 Å². The number of hydrogen-bond donors (Lipinski definition) is 2. The van der Waals surface area contributed by atoms with Gasteiger partial charge in [0.15, 0.2) is 5.54 Å². The summed E-state index contributed by atoms with van der Waals surface area (Å²) in [5.74, 6) is 1.72. The van der Waals surface area contributed by atoms with E-state index in [0.717, 1.165) is 11.1 Å². The molecule has 0 aliphatic carbocycles. The van der Waals surface area contributed by atoms with Gasteiger partial charge in [-0.2, -0.15) is 0 Å². The average Bonchev–Trinajstić information content (AvgIpc) is 3.09. The predicted molar refractivity (Wildman–Crippen MR) is 103 cm³/mol. The number of nitrogens with zero attached hydrogens (tertiary/aromatic N) is 1. The molecule has 0 fully saturated rings. The van der Waals surface area contributed by atoms with Crippen LogP contribution in [0.2, 0.25) is 0 Å². The van der Waals surface area contributed by atoms with Crippen LogP contribution in [0.5, 0.6) is 17.2 Å². The number of aliphatic imine (C=N–C) groups is 1. The van der Waals surface area contributed by atoms with Gasteiger partial charge in [-0.15, -0.1) is 0 Å². The first-order chi connectivity index (χ1) is 13.6. The molecule has 2 aliphatic heterocycles. The van der Waals surface area contributed by atoms with E-state index in [1.54, 1.807) is 19.2 Å². The first-order valence-corrected chi connectivity index (χ1v) is 8.92. The van der Waals surface area contributed by atoms with Crippen molar-refractivity contribution < 1.29 is 23.7 Å². The average molecular weight is 383 g/mol. The van der Waals surface area contributed by atoms with E-state index in [1.807, 2.05) is 31.2 Å². The van der Waals surface area contributed by atoms with Crippen molar-refractivity contribution in [1.82, 2.24) is 0 Å². The molecule has 8 nitrogen and oxygen atoms in total. The van der Waals surface area contributed by atoms with E-state index in [9.17, 15) is 4.79 Å². The minimum absolute atomic E-state index is 0.0104. The molecule has 2 aliphatic rings. The molecule has 0 aromatic heterocycles. The van der Waals surface area contributed by atoms with Crippen LogP contribution in [-0.4, -0.2) is 38.9 Å². The van der Waals surface area contributed by atoms with Crippen LogP contribution in [0.3, 0.4) is 0 Å². The number of amides is 1. The van der Waals surface area contributed by atoms with Crippen molar-refractivity contribution in [2.24, 2.45) is 10.7 Å². The lowest BCUT2D eigenvalue weighted by Gasteiger charge is -2.33. The number of anilines is 1. The van der Waals surface area contributed by atoms with Gasteiger partial charge in [-0.1, -0.05) is 0 Å². The van der Waals surface area contributed by atoms with E-state index >= 15 is 0 Å². The normalized spacial score (nSPS) is 19.1. The first kappa shape index (κ1) is 18.1. The highest BCUT2D eigenvalue weighted by Gasteiger charge is 2.47. The Hall–Kier alpha value is -3.26. The molecule has 0 saturated carbocycles. The molecule has 1 atom stereocenters. The van der Waals surface area contributed by atoms with Gasteiger partial charge in [-0.25, -0.2) is 4.99 Å². The van der Waals surface area contributed by atoms with Crippen LogP contribution in [0.25, 0.3) is 0 Å². The maximum absolute atomic E-state index is 12.0. The van der Waals surface area contributed by atoms with Crippen LogP contribution in [0.4, 0.5) is 5.69 Å². The molecule has 1 spiro atoms. The fourth-order valence-electron chi connectivity index (χ4n) is 3.43. The van der Waals surface area contributed by atoms with Crippen molar-refractivity contribution in [2.75, 3.05) is 32.2 Å². The molecule has 0 unspecified atom stereocenters. The molecular weight excluding hydrogens is 362 g/mol. The zero-order valence-corrected chi connectivity index (χ0v) is 15.7. The molecule has 28 heavy (non-hydrogen) atoms. The Kier molecular flexibility index (Phi) is 4.56. The minimum atomic E-state index is -0.873. The minimum Gasteiger partial charge on any atom is -0.497 e. The van der Waals surface area contributed by atoms with E-state index in [4.69, 9.17) is 24.7 Å². The second-order valence-electron chi connectivity index (χ2n) is 6.46. The molecule has 8 heteroatoms. The predicted octanol–water partition coefficient (Wildman–Crippen LogP) is 2.36. The van der Waals surface area contributed by atoms with Crippen LogP contribution < -0.4 is 20.5 Å². The number of rotatable bonds is 5. The Morgan fingerprint density at radius 1 is 1.25 bits per heavy atom. The van der Waals surface area contributed by atoms with Crippen LogP contribution >= 0.6 is 0 Å². The fraction of sp³-hybridized carbons (Fsp3) is 0.300. The van der Waals surface area contributed by atoms with Crippen LogP contribution in [0.15, 0.2) is 41.4 Å².